The first-order chi connectivity index (χ1) is 9.72. The van der Waals surface area contributed by atoms with Gasteiger partial charge in [0.05, 0.1) is 11.8 Å². The predicted molar refractivity (Wildman–Crippen MR) is 71.8 cm³/mol. The van der Waals surface area contributed by atoms with Crippen LogP contribution in [0.25, 0.3) is 0 Å². The lowest BCUT2D eigenvalue weighted by Gasteiger charge is -2.05. The zero-order valence-corrected chi connectivity index (χ0v) is 11.3. The van der Waals surface area contributed by atoms with Crippen LogP contribution in [0, 0.1) is 5.82 Å². The number of hydrogen-bond acceptors (Lipinski definition) is 5. The molecule has 8 heteroatoms. The molecule has 0 unspecified atom stereocenters. The van der Waals surface area contributed by atoms with Crippen LogP contribution >= 0.6 is 11.8 Å². The van der Waals surface area contributed by atoms with Gasteiger partial charge in [-0.05, 0) is 41.5 Å². The highest BCUT2D eigenvalue weighted by Gasteiger charge is 2.28. The number of thioether (sulfide) groups is 1. The van der Waals surface area contributed by atoms with Gasteiger partial charge in [0.15, 0.2) is 0 Å². The second kappa shape index (κ2) is 5.58. The standard InChI is InChI=1S/C12H12FN5OS/c13-8-2-1-3-9(6-8)14-11(19)7-20-12-15-16-17-18(12)10-4-5-10/h1-3,6,10H,4-5,7H2,(H,14,19). The van der Waals surface area contributed by atoms with E-state index in [-0.39, 0.29) is 17.5 Å². The Hall–Kier alpha value is -1.96. The van der Waals surface area contributed by atoms with Crippen molar-refractivity contribution in [3.05, 3.63) is 30.1 Å². The summed E-state index contributed by atoms with van der Waals surface area (Å²) in [5, 5.41) is 14.7. The number of nitrogens with zero attached hydrogens (tertiary/aromatic N) is 4. The van der Waals surface area contributed by atoms with Crippen molar-refractivity contribution in [2.75, 3.05) is 11.1 Å². The molecule has 1 N–H and O–H groups in total. The molecule has 1 aliphatic carbocycles. The average Bonchev–Trinajstić information content (AvgIpc) is 3.15. The predicted octanol–water partition coefficient (Wildman–Crippen LogP) is 1.88. The maximum absolute atomic E-state index is 13.0. The molecule has 104 valence electrons. The Morgan fingerprint density at radius 3 is 3.10 bits per heavy atom. The zero-order valence-electron chi connectivity index (χ0n) is 10.5. The molecule has 0 atom stereocenters. The number of benzene rings is 1. The van der Waals surface area contributed by atoms with E-state index in [2.05, 4.69) is 20.8 Å². The lowest BCUT2D eigenvalue weighted by Crippen LogP contribution is -2.14. The van der Waals surface area contributed by atoms with Crippen LogP contribution in [0.15, 0.2) is 29.4 Å². The fraction of sp³-hybridized carbons (Fsp3) is 0.333. The fourth-order valence-electron chi connectivity index (χ4n) is 1.72. The third kappa shape index (κ3) is 3.13. The number of halogens is 1. The molecule has 1 aliphatic rings. The summed E-state index contributed by atoms with van der Waals surface area (Å²) in [6.07, 6.45) is 2.15. The summed E-state index contributed by atoms with van der Waals surface area (Å²) in [7, 11) is 0. The van der Waals surface area contributed by atoms with E-state index in [0.717, 1.165) is 12.8 Å². The van der Waals surface area contributed by atoms with Crippen LogP contribution in [0.5, 0.6) is 0 Å². The van der Waals surface area contributed by atoms with E-state index in [0.29, 0.717) is 16.9 Å². The van der Waals surface area contributed by atoms with E-state index >= 15 is 0 Å². The quantitative estimate of drug-likeness (QED) is 0.852. The van der Waals surface area contributed by atoms with Crippen LogP contribution in [0.1, 0.15) is 18.9 Å². The van der Waals surface area contributed by atoms with Crippen LogP contribution in [-0.2, 0) is 4.79 Å². The van der Waals surface area contributed by atoms with Crippen molar-refractivity contribution in [2.24, 2.45) is 0 Å². The third-order valence-corrected chi connectivity index (χ3v) is 3.73. The molecule has 1 saturated carbocycles. The van der Waals surface area contributed by atoms with Gasteiger partial charge < -0.3 is 5.32 Å². The van der Waals surface area contributed by atoms with Crippen LogP contribution in [-0.4, -0.2) is 31.9 Å². The van der Waals surface area contributed by atoms with Gasteiger partial charge in [0.2, 0.25) is 11.1 Å². The second-order valence-corrected chi connectivity index (χ2v) is 5.43. The normalized spacial score (nSPS) is 14.2. The van der Waals surface area contributed by atoms with E-state index in [1.165, 1.54) is 23.9 Å². The minimum Gasteiger partial charge on any atom is -0.325 e. The van der Waals surface area contributed by atoms with Gasteiger partial charge >= 0.3 is 0 Å². The SMILES string of the molecule is O=C(CSc1nnnn1C1CC1)Nc1cccc(F)c1. The Morgan fingerprint density at radius 2 is 2.35 bits per heavy atom. The molecule has 0 spiro atoms. The monoisotopic (exact) mass is 293 g/mol. The summed E-state index contributed by atoms with van der Waals surface area (Å²) in [6.45, 7) is 0. The third-order valence-electron chi connectivity index (χ3n) is 2.80. The number of tetrazole rings is 1. The molecule has 1 heterocycles. The summed E-state index contributed by atoms with van der Waals surface area (Å²) in [5.74, 6) is -0.414. The first-order valence-electron chi connectivity index (χ1n) is 6.18. The van der Waals surface area contributed by atoms with Gasteiger partial charge in [0, 0.05) is 5.69 Å². The second-order valence-electron chi connectivity index (χ2n) is 4.48. The number of anilines is 1. The van der Waals surface area contributed by atoms with Crippen LogP contribution < -0.4 is 5.32 Å². The highest BCUT2D eigenvalue weighted by Crippen LogP contribution is 2.36. The molecular weight excluding hydrogens is 281 g/mol. The van der Waals surface area contributed by atoms with Crippen molar-refractivity contribution in [1.29, 1.82) is 0 Å². The fourth-order valence-corrected chi connectivity index (χ4v) is 2.47. The van der Waals surface area contributed by atoms with Crippen LogP contribution in [0.4, 0.5) is 10.1 Å². The summed E-state index contributed by atoms with van der Waals surface area (Å²) in [6, 6.07) is 6.16. The molecule has 1 amide bonds. The highest BCUT2D eigenvalue weighted by molar-refractivity contribution is 7.99. The number of carbonyl (C=O) groups is 1. The Labute approximate surface area is 118 Å². The Balaban J connectivity index is 1.55. The van der Waals surface area contributed by atoms with Gasteiger partial charge in [-0.3, -0.25) is 4.79 Å². The maximum Gasteiger partial charge on any atom is 0.234 e. The first kappa shape index (κ1) is 13.0. The van der Waals surface area contributed by atoms with E-state index in [9.17, 15) is 9.18 Å². The van der Waals surface area contributed by atoms with Crippen molar-refractivity contribution in [2.45, 2.75) is 24.0 Å². The summed E-state index contributed by atoms with van der Waals surface area (Å²) in [5.41, 5.74) is 0.442. The largest absolute Gasteiger partial charge is 0.325 e. The minimum atomic E-state index is -0.381. The van der Waals surface area contributed by atoms with Gasteiger partial charge in [-0.1, -0.05) is 17.8 Å². The number of rotatable bonds is 5. The Bertz CT molecular complexity index is 628. The molecule has 2 aromatic rings. The number of carbonyl (C=O) groups excluding carboxylic acids is 1. The summed E-state index contributed by atoms with van der Waals surface area (Å²) >= 11 is 1.27. The van der Waals surface area contributed by atoms with Gasteiger partial charge in [-0.25, -0.2) is 9.07 Å². The van der Waals surface area contributed by atoms with Gasteiger partial charge in [-0.2, -0.15) is 0 Å². The van der Waals surface area contributed by atoms with E-state index in [4.69, 9.17) is 0 Å². The molecular formula is C12H12FN5OS. The van der Waals surface area contributed by atoms with Gasteiger partial charge in [0.25, 0.3) is 0 Å². The molecule has 0 aliphatic heterocycles. The molecule has 20 heavy (non-hydrogen) atoms. The highest BCUT2D eigenvalue weighted by atomic mass is 32.2. The lowest BCUT2D eigenvalue weighted by molar-refractivity contribution is -0.113. The minimum absolute atomic E-state index is 0.184. The lowest BCUT2D eigenvalue weighted by atomic mass is 10.3. The number of nitrogens with one attached hydrogen (secondary N) is 1. The number of amides is 1. The number of aromatic nitrogens is 4. The van der Waals surface area contributed by atoms with Gasteiger partial charge in [0.1, 0.15) is 5.82 Å². The Kier molecular flexibility index (Phi) is 3.64. The van der Waals surface area contributed by atoms with Crippen molar-refractivity contribution >= 4 is 23.4 Å². The van der Waals surface area contributed by atoms with Gasteiger partial charge in [-0.15, -0.1) is 5.10 Å². The van der Waals surface area contributed by atoms with Crippen LogP contribution in [0.3, 0.4) is 0 Å². The first-order valence-corrected chi connectivity index (χ1v) is 7.17. The smallest absolute Gasteiger partial charge is 0.234 e. The molecule has 0 saturated heterocycles. The molecule has 1 aromatic carbocycles. The Morgan fingerprint density at radius 1 is 1.50 bits per heavy atom. The molecule has 0 radical (unpaired) electrons. The maximum atomic E-state index is 13.0. The van der Waals surface area contributed by atoms with Crippen molar-refractivity contribution in [1.82, 2.24) is 20.2 Å². The van der Waals surface area contributed by atoms with E-state index in [1.54, 1.807) is 16.8 Å². The molecule has 1 aromatic heterocycles. The van der Waals surface area contributed by atoms with E-state index in [1.807, 2.05) is 0 Å². The summed E-state index contributed by atoms with van der Waals surface area (Å²) in [4.78, 5) is 11.8. The molecule has 6 nitrogen and oxygen atoms in total. The van der Waals surface area contributed by atoms with E-state index < -0.39 is 0 Å². The average molecular weight is 293 g/mol. The van der Waals surface area contributed by atoms with Crippen LogP contribution in [0.2, 0.25) is 0 Å². The molecule has 0 bridgehead atoms. The van der Waals surface area contributed by atoms with Crippen molar-refractivity contribution < 1.29 is 9.18 Å². The summed E-state index contributed by atoms with van der Waals surface area (Å²) < 4.78 is 14.7. The molecule has 1 fully saturated rings. The van der Waals surface area contributed by atoms with Crippen molar-refractivity contribution in [3.63, 3.8) is 0 Å². The van der Waals surface area contributed by atoms with Crippen molar-refractivity contribution in [3.8, 4) is 0 Å². The molecule has 3 rings (SSSR count). The zero-order chi connectivity index (χ0) is 13.9. The number of hydrogen-bond donors (Lipinski definition) is 1. The topological polar surface area (TPSA) is 72.7 Å².